The smallest absolute Gasteiger partial charge is 0.407 e. The quantitative estimate of drug-likeness (QED) is 0.795. The fourth-order valence-corrected chi connectivity index (χ4v) is 4.53. The van der Waals surface area contributed by atoms with E-state index < -0.39 is 6.09 Å². The van der Waals surface area contributed by atoms with E-state index >= 15 is 0 Å². The normalized spacial score (nSPS) is 30.4. The van der Waals surface area contributed by atoms with Crippen molar-refractivity contribution in [3.05, 3.63) is 21.4 Å². The van der Waals surface area contributed by atoms with Gasteiger partial charge in [0.25, 0.3) is 0 Å². The van der Waals surface area contributed by atoms with E-state index in [0.717, 1.165) is 25.9 Å². The van der Waals surface area contributed by atoms with Crippen LogP contribution in [0.4, 0.5) is 4.79 Å². The van der Waals surface area contributed by atoms with Gasteiger partial charge >= 0.3 is 6.09 Å². The summed E-state index contributed by atoms with van der Waals surface area (Å²) in [5.74, 6) is 0. The summed E-state index contributed by atoms with van der Waals surface area (Å²) in [7, 11) is 0. The van der Waals surface area contributed by atoms with Crippen LogP contribution in [-0.4, -0.2) is 35.3 Å². The van der Waals surface area contributed by atoms with Crippen molar-refractivity contribution >= 4 is 17.4 Å². The zero-order valence-electron chi connectivity index (χ0n) is 11.3. The van der Waals surface area contributed by atoms with Gasteiger partial charge in [0.2, 0.25) is 0 Å². The molecule has 4 nitrogen and oxygen atoms in total. The minimum absolute atomic E-state index is 0.0115. The van der Waals surface area contributed by atoms with Gasteiger partial charge in [0, 0.05) is 35.2 Å². The van der Waals surface area contributed by atoms with Gasteiger partial charge in [0.05, 0.1) is 12.2 Å². The number of carbonyl (C=O) groups is 1. The highest BCUT2D eigenvalue weighted by Crippen LogP contribution is 2.45. The topological polar surface area (TPSA) is 49.8 Å². The third kappa shape index (κ3) is 2.05. The van der Waals surface area contributed by atoms with Gasteiger partial charge in [0.1, 0.15) is 0 Å². The third-order valence-electron chi connectivity index (χ3n) is 4.29. The number of likely N-dealkylation sites (tertiary alicyclic amines) is 1. The Balaban J connectivity index is 1.92. The molecule has 0 saturated carbocycles. The summed E-state index contributed by atoms with van der Waals surface area (Å²) in [4.78, 5) is 15.5. The van der Waals surface area contributed by atoms with Gasteiger partial charge in [-0.25, -0.2) is 4.79 Å². The molecule has 5 heteroatoms. The van der Waals surface area contributed by atoms with Gasteiger partial charge in [0.15, 0.2) is 0 Å². The van der Waals surface area contributed by atoms with Crippen molar-refractivity contribution in [3.63, 3.8) is 0 Å². The molecule has 1 aromatic heterocycles. The molecule has 0 aliphatic carbocycles. The van der Waals surface area contributed by atoms with Crippen molar-refractivity contribution in [2.24, 2.45) is 0 Å². The summed E-state index contributed by atoms with van der Waals surface area (Å²) in [5.41, 5.74) is 1.07. The van der Waals surface area contributed by atoms with E-state index in [2.05, 4.69) is 13.0 Å². The minimum atomic E-state index is -0.820. The number of rotatable bonds is 0. The first-order valence-corrected chi connectivity index (χ1v) is 7.57. The molecule has 3 rings (SSSR count). The van der Waals surface area contributed by atoms with Crippen molar-refractivity contribution in [1.29, 1.82) is 0 Å². The van der Waals surface area contributed by atoms with Crippen LogP contribution in [0.1, 0.15) is 35.1 Å². The fraction of sp³-hybridized carbons (Fsp3) is 0.643. The number of aryl methyl sites for hydroxylation is 1. The average Bonchev–Trinajstić information content (AvgIpc) is 2.71. The number of thiophene rings is 1. The van der Waals surface area contributed by atoms with Crippen LogP contribution >= 0.6 is 11.3 Å². The molecule has 1 amide bonds. The average molecular weight is 281 g/mol. The van der Waals surface area contributed by atoms with Gasteiger partial charge in [-0.15, -0.1) is 11.3 Å². The van der Waals surface area contributed by atoms with Crippen molar-refractivity contribution in [1.82, 2.24) is 4.90 Å². The zero-order valence-corrected chi connectivity index (χ0v) is 12.1. The maximum absolute atomic E-state index is 11.2. The van der Waals surface area contributed by atoms with E-state index in [1.54, 1.807) is 0 Å². The lowest BCUT2D eigenvalue weighted by Crippen LogP contribution is -2.52. The largest absolute Gasteiger partial charge is 0.465 e. The lowest BCUT2D eigenvalue weighted by atomic mass is 9.79. The molecule has 1 spiro atoms. The number of amides is 1. The highest BCUT2D eigenvalue weighted by atomic mass is 32.1. The van der Waals surface area contributed by atoms with E-state index in [1.807, 2.05) is 18.3 Å². The molecule has 2 aliphatic rings. The second-order valence-corrected chi connectivity index (χ2v) is 6.91. The van der Waals surface area contributed by atoms with Crippen molar-refractivity contribution in [3.8, 4) is 0 Å². The standard InChI is InChI=1S/C14H19NO3S/c1-9-8-14(4-5-15(9)13(16)17)11-7-10(2)19-12(11)3-6-18-14/h7,9H,3-6,8H2,1-2H3,(H,16,17)/t9-,14-/m1/s1. The van der Waals surface area contributed by atoms with Crippen LogP contribution in [0.25, 0.3) is 0 Å². The highest BCUT2D eigenvalue weighted by molar-refractivity contribution is 7.12. The van der Waals surface area contributed by atoms with Gasteiger partial charge in [-0.2, -0.15) is 0 Å². The van der Waals surface area contributed by atoms with Crippen LogP contribution in [0.5, 0.6) is 0 Å². The van der Waals surface area contributed by atoms with Crippen LogP contribution in [0.3, 0.4) is 0 Å². The molecule has 0 aromatic carbocycles. The first-order valence-electron chi connectivity index (χ1n) is 6.75. The van der Waals surface area contributed by atoms with Crippen LogP contribution in [0, 0.1) is 6.92 Å². The van der Waals surface area contributed by atoms with Gasteiger partial charge in [-0.05, 0) is 31.9 Å². The van der Waals surface area contributed by atoms with Gasteiger partial charge in [-0.3, -0.25) is 0 Å². The predicted octanol–water partition coefficient (Wildman–Crippen LogP) is 2.99. The molecule has 1 aromatic rings. The van der Waals surface area contributed by atoms with Gasteiger partial charge in [-0.1, -0.05) is 0 Å². The molecular formula is C14H19NO3S. The summed E-state index contributed by atoms with van der Waals surface area (Å²) in [6.07, 6.45) is 1.71. The summed E-state index contributed by atoms with van der Waals surface area (Å²) in [6, 6.07) is 2.25. The maximum Gasteiger partial charge on any atom is 0.407 e. The van der Waals surface area contributed by atoms with Crippen molar-refractivity contribution < 1.29 is 14.6 Å². The molecule has 2 atom stereocenters. The van der Waals surface area contributed by atoms with Crippen molar-refractivity contribution in [2.75, 3.05) is 13.2 Å². The van der Waals surface area contributed by atoms with Crippen LogP contribution in [0.2, 0.25) is 0 Å². The molecule has 3 heterocycles. The number of ether oxygens (including phenoxy) is 1. The highest BCUT2D eigenvalue weighted by Gasteiger charge is 2.45. The minimum Gasteiger partial charge on any atom is -0.465 e. The summed E-state index contributed by atoms with van der Waals surface area (Å²) < 4.78 is 6.13. The molecule has 0 bridgehead atoms. The Bertz CT molecular complexity index is 513. The molecule has 104 valence electrons. The van der Waals surface area contributed by atoms with Gasteiger partial charge < -0.3 is 14.7 Å². The fourth-order valence-electron chi connectivity index (χ4n) is 3.42. The molecule has 0 radical (unpaired) electrons. The third-order valence-corrected chi connectivity index (χ3v) is 5.40. The van der Waals surface area contributed by atoms with E-state index in [4.69, 9.17) is 4.74 Å². The van der Waals surface area contributed by atoms with E-state index in [1.165, 1.54) is 20.2 Å². The Kier molecular flexibility index (Phi) is 3.06. The summed E-state index contributed by atoms with van der Waals surface area (Å²) in [6.45, 7) is 5.43. The van der Waals surface area contributed by atoms with Crippen LogP contribution in [-0.2, 0) is 16.8 Å². The number of fused-ring (bicyclic) bond motifs is 2. The number of carboxylic acid groups (broad SMARTS) is 1. The Morgan fingerprint density at radius 2 is 2.42 bits per heavy atom. The second kappa shape index (κ2) is 4.49. The van der Waals surface area contributed by atoms with Crippen molar-refractivity contribution in [2.45, 2.75) is 44.8 Å². The Morgan fingerprint density at radius 1 is 1.63 bits per heavy atom. The molecular weight excluding hydrogens is 262 g/mol. The number of nitrogens with zero attached hydrogens (tertiary/aromatic N) is 1. The molecule has 19 heavy (non-hydrogen) atoms. The molecule has 2 aliphatic heterocycles. The monoisotopic (exact) mass is 281 g/mol. The van der Waals surface area contributed by atoms with Crippen LogP contribution in [0.15, 0.2) is 6.07 Å². The molecule has 1 N–H and O–H groups in total. The Hall–Kier alpha value is -1.07. The Morgan fingerprint density at radius 3 is 3.11 bits per heavy atom. The first kappa shape index (κ1) is 12.9. The zero-order chi connectivity index (χ0) is 13.6. The molecule has 1 saturated heterocycles. The SMILES string of the molecule is Cc1cc2c(s1)CCO[C@@]21CCN(C(=O)O)[C@H](C)C1. The van der Waals surface area contributed by atoms with E-state index in [-0.39, 0.29) is 11.6 Å². The predicted molar refractivity (Wildman–Crippen MR) is 73.8 cm³/mol. The molecule has 1 fully saturated rings. The summed E-state index contributed by atoms with van der Waals surface area (Å²) >= 11 is 1.86. The second-order valence-electron chi connectivity index (χ2n) is 5.57. The lowest BCUT2D eigenvalue weighted by Gasteiger charge is -2.46. The number of hydrogen-bond donors (Lipinski definition) is 1. The lowest BCUT2D eigenvalue weighted by molar-refractivity contribution is -0.106. The van der Waals surface area contributed by atoms with E-state index in [9.17, 15) is 9.90 Å². The maximum atomic E-state index is 11.2. The summed E-state index contributed by atoms with van der Waals surface area (Å²) in [5, 5.41) is 9.18. The first-order chi connectivity index (χ1) is 9.02. The van der Waals surface area contributed by atoms with E-state index in [0.29, 0.717) is 6.54 Å². The number of hydrogen-bond acceptors (Lipinski definition) is 3. The molecule has 0 unspecified atom stereocenters. The van der Waals surface area contributed by atoms with Crippen LogP contribution < -0.4 is 0 Å². The number of piperidine rings is 1. The Labute approximate surface area is 117 Å².